The number of carbonyl (C=O) groups is 2. The van der Waals surface area contributed by atoms with E-state index >= 15 is 0 Å². The van der Waals surface area contributed by atoms with Gasteiger partial charge in [0, 0.05) is 48.9 Å². The Morgan fingerprint density at radius 1 is 1.17 bits per heavy atom. The van der Waals surface area contributed by atoms with Crippen LogP contribution < -0.4 is 21.7 Å². The van der Waals surface area contributed by atoms with Gasteiger partial charge in [-0.15, -0.1) is 0 Å². The van der Waals surface area contributed by atoms with E-state index in [1.54, 1.807) is 0 Å². The summed E-state index contributed by atoms with van der Waals surface area (Å²) < 4.78 is 10.7. The van der Waals surface area contributed by atoms with Crippen LogP contribution in [0, 0.1) is 0 Å². The van der Waals surface area contributed by atoms with Crippen molar-refractivity contribution >= 4 is 29.5 Å². The molecule has 2 amide bonds. The topological polar surface area (TPSA) is 159 Å². The molecule has 35 heavy (non-hydrogen) atoms. The molecule has 0 bridgehead atoms. The molecule has 4 heterocycles. The maximum atomic E-state index is 12.2. The van der Waals surface area contributed by atoms with Crippen LogP contribution in [-0.2, 0) is 9.47 Å². The first kappa shape index (κ1) is 24.6. The van der Waals surface area contributed by atoms with Crippen molar-refractivity contribution in [3.63, 3.8) is 0 Å². The van der Waals surface area contributed by atoms with Gasteiger partial charge in [0.2, 0.25) is 5.95 Å². The normalized spacial score (nSPS) is 18.9. The van der Waals surface area contributed by atoms with Crippen LogP contribution in [-0.4, -0.2) is 59.4 Å². The van der Waals surface area contributed by atoms with Gasteiger partial charge in [0.05, 0.1) is 6.54 Å². The fourth-order valence-electron chi connectivity index (χ4n) is 4.46. The van der Waals surface area contributed by atoms with E-state index in [-0.39, 0.29) is 17.6 Å². The van der Waals surface area contributed by atoms with Crippen molar-refractivity contribution in [1.82, 2.24) is 15.0 Å². The lowest BCUT2D eigenvalue weighted by Gasteiger charge is -2.32. The van der Waals surface area contributed by atoms with Gasteiger partial charge in [0.15, 0.2) is 0 Å². The van der Waals surface area contributed by atoms with Gasteiger partial charge in [0.1, 0.15) is 17.5 Å². The van der Waals surface area contributed by atoms with Crippen LogP contribution in [0.15, 0.2) is 18.3 Å². The number of nitrogens with one attached hydrogen (secondary N) is 1. The minimum absolute atomic E-state index is 0.186. The number of ether oxygens (including phenoxy) is 2. The summed E-state index contributed by atoms with van der Waals surface area (Å²) in [6.07, 6.45) is 3.63. The third kappa shape index (κ3) is 6.16. The average molecular weight is 484 g/mol. The molecular weight excluding hydrogens is 450 g/mol. The first-order valence-electron chi connectivity index (χ1n) is 12.0. The van der Waals surface area contributed by atoms with Crippen molar-refractivity contribution in [3.05, 3.63) is 35.3 Å². The van der Waals surface area contributed by atoms with Crippen molar-refractivity contribution in [2.45, 2.75) is 57.5 Å². The summed E-state index contributed by atoms with van der Waals surface area (Å²) in [7, 11) is 0. The van der Waals surface area contributed by atoms with Crippen LogP contribution in [0.5, 0.6) is 0 Å². The van der Waals surface area contributed by atoms with Gasteiger partial charge >= 0.3 is 6.09 Å². The van der Waals surface area contributed by atoms with Crippen molar-refractivity contribution in [1.29, 1.82) is 0 Å². The third-order valence-corrected chi connectivity index (χ3v) is 6.34. The monoisotopic (exact) mass is 483 g/mol. The molecule has 0 saturated carbocycles. The summed E-state index contributed by atoms with van der Waals surface area (Å²) in [6.45, 7) is 6.74. The Balaban J connectivity index is 1.64. The predicted molar refractivity (Wildman–Crippen MR) is 131 cm³/mol. The molecule has 5 N–H and O–H groups in total. The Morgan fingerprint density at radius 2 is 1.94 bits per heavy atom. The maximum Gasteiger partial charge on any atom is 0.404 e. The Hall–Kier alpha value is -3.47. The van der Waals surface area contributed by atoms with Crippen LogP contribution in [0.1, 0.15) is 73.1 Å². The largest absolute Gasteiger partial charge is 0.445 e. The molecule has 2 aliphatic heterocycles. The van der Waals surface area contributed by atoms with Crippen LogP contribution in [0.2, 0.25) is 0 Å². The van der Waals surface area contributed by atoms with Crippen LogP contribution in [0.4, 0.5) is 22.2 Å². The fraction of sp³-hybridized carbons (Fsp3) is 0.542. The highest BCUT2D eigenvalue weighted by molar-refractivity contribution is 5.98. The molecule has 2 fully saturated rings. The molecule has 1 unspecified atom stereocenters. The summed E-state index contributed by atoms with van der Waals surface area (Å²) in [5.41, 5.74) is 13.7. The second-order valence-electron chi connectivity index (χ2n) is 9.32. The highest BCUT2D eigenvalue weighted by atomic mass is 16.6. The number of hydrogen-bond donors (Lipinski definition) is 3. The van der Waals surface area contributed by atoms with Gasteiger partial charge in [-0.3, -0.25) is 9.78 Å². The van der Waals surface area contributed by atoms with Gasteiger partial charge in [-0.1, -0.05) is 13.8 Å². The standard InChI is InChI=1S/C24H33N7O4/c1-14(2)19-10-16(11-20(29-19)15-5-8-34-9-6-15)28-22-18(21(25)32)12-27-24(30-22)31-7-3-4-17(13-31)35-23(26)33/h10-12,14-15,17H,3-9,13H2,1-2H3,(H2,25,32)(H2,26,33)(H,27,28,29,30). The van der Waals surface area contributed by atoms with E-state index in [0.29, 0.717) is 37.2 Å². The van der Waals surface area contributed by atoms with Gasteiger partial charge in [-0.2, -0.15) is 4.98 Å². The zero-order chi connectivity index (χ0) is 24.9. The minimum Gasteiger partial charge on any atom is -0.445 e. The molecule has 4 rings (SSSR count). The molecule has 2 aliphatic rings. The van der Waals surface area contributed by atoms with E-state index < -0.39 is 12.0 Å². The Kier molecular flexibility index (Phi) is 7.64. The number of rotatable bonds is 7. The highest BCUT2D eigenvalue weighted by Crippen LogP contribution is 2.31. The Labute approximate surface area is 204 Å². The van der Waals surface area contributed by atoms with Crippen molar-refractivity contribution in [2.75, 3.05) is 36.5 Å². The van der Waals surface area contributed by atoms with Crippen molar-refractivity contribution in [3.8, 4) is 0 Å². The number of aromatic nitrogens is 3. The zero-order valence-electron chi connectivity index (χ0n) is 20.2. The van der Waals surface area contributed by atoms with E-state index in [0.717, 1.165) is 49.6 Å². The quantitative estimate of drug-likeness (QED) is 0.538. The molecule has 1 atom stereocenters. The third-order valence-electron chi connectivity index (χ3n) is 6.34. The summed E-state index contributed by atoms with van der Waals surface area (Å²) >= 11 is 0. The summed E-state index contributed by atoms with van der Waals surface area (Å²) in [6, 6.07) is 3.98. The zero-order valence-corrected chi connectivity index (χ0v) is 20.2. The first-order valence-corrected chi connectivity index (χ1v) is 12.0. The van der Waals surface area contributed by atoms with Crippen LogP contribution in [0.3, 0.4) is 0 Å². The summed E-state index contributed by atoms with van der Waals surface area (Å²) in [5.74, 6) is 0.644. The average Bonchev–Trinajstić information content (AvgIpc) is 2.84. The summed E-state index contributed by atoms with van der Waals surface area (Å²) in [4.78, 5) is 39.1. The second kappa shape index (κ2) is 10.9. The Bertz CT molecular complexity index is 1070. The van der Waals surface area contributed by atoms with E-state index in [1.165, 1.54) is 6.20 Å². The van der Waals surface area contributed by atoms with E-state index in [4.69, 9.17) is 25.9 Å². The molecule has 2 saturated heterocycles. The number of piperidine rings is 1. The van der Waals surface area contributed by atoms with E-state index in [2.05, 4.69) is 29.1 Å². The number of pyridine rings is 1. The van der Waals surface area contributed by atoms with Crippen molar-refractivity contribution < 1.29 is 19.1 Å². The fourth-order valence-corrected chi connectivity index (χ4v) is 4.46. The summed E-state index contributed by atoms with van der Waals surface area (Å²) in [5, 5.41) is 3.30. The molecule has 11 heteroatoms. The molecular formula is C24H33N7O4. The van der Waals surface area contributed by atoms with E-state index in [1.807, 2.05) is 17.0 Å². The number of nitrogens with two attached hydrogens (primary N) is 2. The van der Waals surface area contributed by atoms with Gasteiger partial charge < -0.3 is 31.2 Å². The van der Waals surface area contributed by atoms with Crippen molar-refractivity contribution in [2.24, 2.45) is 11.5 Å². The number of carbonyl (C=O) groups excluding carboxylic acids is 2. The van der Waals surface area contributed by atoms with Gasteiger partial charge in [-0.05, 0) is 43.7 Å². The molecule has 2 aromatic rings. The number of primary amides is 2. The highest BCUT2D eigenvalue weighted by Gasteiger charge is 2.26. The molecule has 188 valence electrons. The molecule has 0 spiro atoms. The number of hydrogen-bond acceptors (Lipinski definition) is 9. The van der Waals surface area contributed by atoms with Gasteiger partial charge in [-0.25, -0.2) is 9.78 Å². The lowest BCUT2D eigenvalue weighted by atomic mass is 9.94. The molecule has 11 nitrogen and oxygen atoms in total. The lowest BCUT2D eigenvalue weighted by molar-refractivity contribution is 0.0844. The Morgan fingerprint density at radius 3 is 2.63 bits per heavy atom. The first-order chi connectivity index (χ1) is 16.8. The second-order valence-corrected chi connectivity index (χ2v) is 9.32. The molecule has 0 aromatic carbocycles. The maximum absolute atomic E-state index is 12.2. The van der Waals surface area contributed by atoms with Crippen LogP contribution >= 0.6 is 0 Å². The predicted octanol–water partition coefficient (Wildman–Crippen LogP) is 2.80. The smallest absolute Gasteiger partial charge is 0.404 e. The SMILES string of the molecule is CC(C)c1cc(Nc2nc(N3CCCC(OC(N)=O)C3)ncc2C(N)=O)cc(C2CCOCC2)n1. The number of anilines is 3. The van der Waals surface area contributed by atoms with Crippen LogP contribution in [0.25, 0.3) is 0 Å². The van der Waals surface area contributed by atoms with Gasteiger partial charge in [0.25, 0.3) is 5.91 Å². The lowest BCUT2D eigenvalue weighted by Crippen LogP contribution is -2.42. The number of amides is 2. The molecule has 0 radical (unpaired) electrons. The van der Waals surface area contributed by atoms with E-state index in [9.17, 15) is 9.59 Å². The molecule has 2 aromatic heterocycles. The molecule has 0 aliphatic carbocycles. The minimum atomic E-state index is -0.803. The number of nitrogens with zero attached hydrogens (tertiary/aromatic N) is 4.